The van der Waals surface area contributed by atoms with E-state index in [-0.39, 0.29) is 0 Å². The maximum Gasteiger partial charge on any atom is 0.0992 e. The zero-order valence-corrected chi connectivity index (χ0v) is 12.4. The third kappa shape index (κ3) is 2.56. The zero-order valence-electron chi connectivity index (χ0n) is 12.4. The first kappa shape index (κ1) is 13.9. The Hall–Kier alpha value is -3.68. The van der Waals surface area contributed by atoms with Gasteiger partial charge in [0.25, 0.3) is 0 Å². The highest BCUT2D eigenvalue weighted by atomic mass is 15.3. The molecule has 0 saturated carbocycles. The fraction of sp³-hybridized carbons (Fsp3) is 0. The van der Waals surface area contributed by atoms with Crippen molar-refractivity contribution in [3.63, 3.8) is 0 Å². The lowest BCUT2D eigenvalue weighted by atomic mass is 9.98. The number of rotatable bonds is 3. The van der Waals surface area contributed by atoms with E-state index in [0.29, 0.717) is 17.1 Å². The van der Waals surface area contributed by atoms with Crippen LogP contribution in [0, 0.1) is 0 Å². The molecule has 0 radical (unpaired) electrons. The third-order valence-corrected chi connectivity index (χ3v) is 3.40. The van der Waals surface area contributed by atoms with Crippen molar-refractivity contribution in [2.45, 2.75) is 0 Å². The summed E-state index contributed by atoms with van der Waals surface area (Å²) in [6, 6.07) is 11.1. The quantitative estimate of drug-likeness (QED) is 0.564. The molecular weight excluding hydrogens is 304 g/mol. The maximum atomic E-state index is 4.50. The zero-order chi connectivity index (χ0) is 16.2. The van der Waals surface area contributed by atoms with Crippen molar-refractivity contribution < 1.29 is 0 Å². The Morgan fingerprint density at radius 1 is 0.583 bits per heavy atom. The van der Waals surface area contributed by atoms with Gasteiger partial charge in [0.2, 0.25) is 0 Å². The first-order valence-electron chi connectivity index (χ1n) is 7.13. The van der Waals surface area contributed by atoms with E-state index < -0.39 is 0 Å². The normalized spacial score (nSPS) is 10.5. The van der Waals surface area contributed by atoms with Gasteiger partial charge in [-0.05, 0) is 40.8 Å². The minimum atomic E-state index is 0.632. The summed E-state index contributed by atoms with van der Waals surface area (Å²) in [5, 5.41) is 23.1. The van der Waals surface area contributed by atoms with Crippen LogP contribution in [0.4, 0.5) is 0 Å². The molecule has 4 aromatic rings. The Labute approximate surface area is 136 Å². The van der Waals surface area contributed by atoms with Gasteiger partial charge in [-0.25, -0.2) is 0 Å². The highest BCUT2D eigenvalue weighted by Crippen LogP contribution is 2.35. The van der Waals surface area contributed by atoms with Crippen LogP contribution in [0.1, 0.15) is 0 Å². The van der Waals surface area contributed by atoms with Crippen LogP contribution in [0.2, 0.25) is 0 Å². The standard InChI is InChI=1S/C16H10N8/c1-2-7-17-14(3-1)16-15(13-6-10-20-24-22-13)11(4-8-18-16)12-5-9-19-23-21-12/h1-10H. The number of pyridine rings is 2. The minimum absolute atomic E-state index is 0.632. The Morgan fingerprint density at radius 2 is 1.38 bits per heavy atom. The molecule has 114 valence electrons. The summed E-state index contributed by atoms with van der Waals surface area (Å²) in [6.45, 7) is 0. The van der Waals surface area contributed by atoms with Gasteiger partial charge in [0.15, 0.2) is 0 Å². The Bertz CT molecular complexity index is 888. The second-order valence-electron chi connectivity index (χ2n) is 4.81. The highest BCUT2D eigenvalue weighted by molar-refractivity contribution is 5.89. The molecule has 0 aromatic carbocycles. The summed E-state index contributed by atoms with van der Waals surface area (Å²) < 4.78 is 0. The predicted octanol–water partition coefficient (Wildman–Crippen LogP) is 1.85. The van der Waals surface area contributed by atoms with E-state index in [4.69, 9.17) is 0 Å². The van der Waals surface area contributed by atoms with Gasteiger partial charge in [-0.1, -0.05) is 6.07 Å². The van der Waals surface area contributed by atoms with E-state index in [1.165, 1.54) is 0 Å². The van der Waals surface area contributed by atoms with E-state index in [9.17, 15) is 0 Å². The van der Waals surface area contributed by atoms with Crippen molar-refractivity contribution in [3.8, 4) is 33.9 Å². The average molecular weight is 314 g/mol. The van der Waals surface area contributed by atoms with Crippen LogP contribution in [0.25, 0.3) is 33.9 Å². The van der Waals surface area contributed by atoms with Gasteiger partial charge in [0, 0.05) is 23.5 Å². The maximum absolute atomic E-state index is 4.50. The van der Waals surface area contributed by atoms with Crippen LogP contribution in [-0.2, 0) is 0 Å². The Morgan fingerprint density at radius 3 is 2.04 bits per heavy atom. The van der Waals surface area contributed by atoms with E-state index in [1.807, 2.05) is 24.3 Å². The molecule has 0 aliphatic heterocycles. The SMILES string of the molecule is c1ccc(-c2nccc(-c3ccnnn3)c2-c2ccnnn2)nc1. The molecule has 0 spiro atoms. The van der Waals surface area contributed by atoms with Gasteiger partial charge < -0.3 is 0 Å². The van der Waals surface area contributed by atoms with Gasteiger partial charge >= 0.3 is 0 Å². The molecule has 4 heterocycles. The van der Waals surface area contributed by atoms with Crippen molar-refractivity contribution >= 4 is 0 Å². The van der Waals surface area contributed by atoms with Crippen LogP contribution in [0.3, 0.4) is 0 Å². The molecular formula is C16H10N8. The summed E-state index contributed by atoms with van der Waals surface area (Å²) >= 11 is 0. The molecule has 4 aromatic heterocycles. The van der Waals surface area contributed by atoms with Gasteiger partial charge in [-0.3, -0.25) is 9.97 Å². The number of nitrogens with zero attached hydrogens (tertiary/aromatic N) is 8. The van der Waals surface area contributed by atoms with Crippen molar-refractivity contribution in [1.82, 2.24) is 40.8 Å². The molecule has 8 heteroatoms. The summed E-state index contributed by atoms with van der Waals surface area (Å²) in [5.41, 5.74) is 4.31. The second kappa shape index (κ2) is 6.21. The van der Waals surface area contributed by atoms with E-state index in [1.54, 1.807) is 36.9 Å². The van der Waals surface area contributed by atoms with Crippen LogP contribution in [0.5, 0.6) is 0 Å². The highest BCUT2D eigenvalue weighted by Gasteiger charge is 2.18. The molecule has 0 unspecified atom stereocenters. The molecule has 0 bridgehead atoms. The molecule has 0 aliphatic rings. The summed E-state index contributed by atoms with van der Waals surface area (Å²) in [7, 11) is 0. The number of aromatic nitrogens is 8. The molecule has 0 amide bonds. The average Bonchev–Trinajstić information content (AvgIpc) is 2.69. The molecule has 0 atom stereocenters. The fourth-order valence-corrected chi connectivity index (χ4v) is 2.39. The molecule has 0 fully saturated rings. The predicted molar refractivity (Wildman–Crippen MR) is 85.1 cm³/mol. The lowest BCUT2D eigenvalue weighted by Crippen LogP contribution is -1.99. The van der Waals surface area contributed by atoms with E-state index >= 15 is 0 Å². The lowest BCUT2D eigenvalue weighted by Gasteiger charge is -2.11. The number of hydrogen-bond donors (Lipinski definition) is 0. The Kier molecular flexibility index (Phi) is 3.61. The van der Waals surface area contributed by atoms with E-state index in [0.717, 1.165) is 16.8 Å². The minimum Gasteiger partial charge on any atom is -0.255 e. The van der Waals surface area contributed by atoms with Crippen molar-refractivity contribution in [2.75, 3.05) is 0 Å². The van der Waals surface area contributed by atoms with Crippen LogP contribution < -0.4 is 0 Å². The van der Waals surface area contributed by atoms with Crippen molar-refractivity contribution in [2.24, 2.45) is 0 Å². The van der Waals surface area contributed by atoms with Gasteiger partial charge in [0.1, 0.15) is 0 Å². The van der Waals surface area contributed by atoms with Crippen molar-refractivity contribution in [3.05, 3.63) is 61.2 Å². The number of hydrogen-bond acceptors (Lipinski definition) is 8. The first-order valence-corrected chi connectivity index (χ1v) is 7.13. The lowest BCUT2D eigenvalue weighted by molar-refractivity contribution is 0.865. The van der Waals surface area contributed by atoms with E-state index in [2.05, 4.69) is 40.8 Å². The third-order valence-electron chi connectivity index (χ3n) is 3.40. The van der Waals surface area contributed by atoms with Crippen molar-refractivity contribution in [1.29, 1.82) is 0 Å². The topological polar surface area (TPSA) is 103 Å². The molecule has 0 saturated heterocycles. The molecule has 0 N–H and O–H groups in total. The van der Waals surface area contributed by atoms with Crippen LogP contribution >= 0.6 is 0 Å². The first-order chi connectivity index (χ1) is 11.9. The van der Waals surface area contributed by atoms with Crippen LogP contribution in [-0.4, -0.2) is 40.8 Å². The molecule has 8 nitrogen and oxygen atoms in total. The monoisotopic (exact) mass is 314 g/mol. The summed E-state index contributed by atoms with van der Waals surface area (Å²) in [4.78, 5) is 8.89. The van der Waals surface area contributed by atoms with Gasteiger partial charge in [-0.2, -0.15) is 0 Å². The largest absolute Gasteiger partial charge is 0.255 e. The van der Waals surface area contributed by atoms with Crippen LogP contribution in [0.15, 0.2) is 61.2 Å². The smallest absolute Gasteiger partial charge is 0.0992 e. The molecule has 4 rings (SSSR count). The summed E-state index contributed by atoms with van der Waals surface area (Å²) in [5.74, 6) is 0. The molecule has 24 heavy (non-hydrogen) atoms. The fourth-order valence-electron chi connectivity index (χ4n) is 2.39. The second-order valence-corrected chi connectivity index (χ2v) is 4.81. The Balaban J connectivity index is 2.02. The summed E-state index contributed by atoms with van der Waals surface area (Å²) in [6.07, 6.45) is 6.60. The van der Waals surface area contributed by atoms with Gasteiger partial charge in [0.05, 0.1) is 35.2 Å². The van der Waals surface area contributed by atoms with Gasteiger partial charge in [-0.15, -0.1) is 20.4 Å². The molecule has 0 aliphatic carbocycles.